The lowest BCUT2D eigenvalue weighted by atomic mass is 10.2. The summed E-state index contributed by atoms with van der Waals surface area (Å²) in [6.45, 7) is 3.97. The van der Waals surface area contributed by atoms with Gasteiger partial charge in [-0.05, 0) is 74.0 Å². The molecule has 0 unspecified atom stereocenters. The minimum Gasteiger partial charge on any atom is -0.504 e. The molecule has 10 heteroatoms. The Labute approximate surface area is 204 Å². The fraction of sp³-hybridized carbons (Fsp3) is 0.200. The van der Waals surface area contributed by atoms with E-state index in [2.05, 4.69) is 10.5 Å². The van der Waals surface area contributed by atoms with Crippen LogP contribution in [0.5, 0.6) is 17.2 Å². The van der Waals surface area contributed by atoms with Crippen molar-refractivity contribution in [2.24, 2.45) is 5.10 Å². The Morgan fingerprint density at radius 2 is 1.69 bits per heavy atom. The lowest BCUT2D eigenvalue weighted by Gasteiger charge is -2.23. The Morgan fingerprint density at radius 3 is 2.34 bits per heavy atom. The van der Waals surface area contributed by atoms with Crippen molar-refractivity contribution in [3.05, 3.63) is 78.4 Å². The summed E-state index contributed by atoms with van der Waals surface area (Å²) in [5, 5.41) is 13.7. The van der Waals surface area contributed by atoms with Crippen LogP contribution in [0.25, 0.3) is 0 Å². The second-order valence-corrected chi connectivity index (χ2v) is 9.07. The number of hydrogen-bond acceptors (Lipinski definition) is 7. The Hall–Kier alpha value is -4.05. The molecule has 1 amide bonds. The van der Waals surface area contributed by atoms with Gasteiger partial charge in [-0.1, -0.05) is 18.2 Å². The monoisotopic (exact) mass is 497 g/mol. The molecule has 3 rings (SSSR count). The second-order valence-electron chi connectivity index (χ2n) is 7.21. The highest BCUT2D eigenvalue weighted by Gasteiger charge is 2.27. The number of hydrazone groups is 1. The second kappa shape index (κ2) is 11.9. The minimum absolute atomic E-state index is 0.00830. The molecule has 0 bridgehead atoms. The molecule has 0 aromatic heterocycles. The number of ether oxygens (including phenoxy) is 2. The van der Waals surface area contributed by atoms with Crippen molar-refractivity contribution >= 4 is 27.8 Å². The number of hydrogen-bond donors (Lipinski definition) is 2. The van der Waals surface area contributed by atoms with Crippen LogP contribution in [0.3, 0.4) is 0 Å². The average Bonchev–Trinajstić information content (AvgIpc) is 2.85. The van der Waals surface area contributed by atoms with Gasteiger partial charge in [0.15, 0.2) is 11.5 Å². The van der Waals surface area contributed by atoms with E-state index in [1.807, 2.05) is 6.92 Å². The molecule has 0 atom stereocenters. The smallest absolute Gasteiger partial charge is 0.264 e. The zero-order valence-corrected chi connectivity index (χ0v) is 20.2. The van der Waals surface area contributed by atoms with Gasteiger partial charge in [-0.3, -0.25) is 9.10 Å². The van der Waals surface area contributed by atoms with E-state index in [-0.39, 0.29) is 10.6 Å². The van der Waals surface area contributed by atoms with Gasteiger partial charge < -0.3 is 14.6 Å². The topological polar surface area (TPSA) is 118 Å². The third-order valence-electron chi connectivity index (χ3n) is 4.74. The van der Waals surface area contributed by atoms with Crippen LogP contribution >= 0.6 is 0 Å². The molecule has 0 saturated heterocycles. The highest BCUT2D eigenvalue weighted by Crippen LogP contribution is 2.26. The number of benzene rings is 3. The fourth-order valence-corrected chi connectivity index (χ4v) is 4.56. The number of rotatable bonds is 11. The molecule has 9 nitrogen and oxygen atoms in total. The molecule has 35 heavy (non-hydrogen) atoms. The van der Waals surface area contributed by atoms with Gasteiger partial charge in [0.05, 0.1) is 30.0 Å². The average molecular weight is 498 g/mol. The van der Waals surface area contributed by atoms with Crippen LogP contribution in [0.1, 0.15) is 19.4 Å². The van der Waals surface area contributed by atoms with E-state index in [9.17, 15) is 18.3 Å². The maximum atomic E-state index is 13.4. The molecule has 0 aliphatic rings. The van der Waals surface area contributed by atoms with Gasteiger partial charge in [0.25, 0.3) is 15.9 Å². The minimum atomic E-state index is -4.05. The lowest BCUT2D eigenvalue weighted by Crippen LogP contribution is -2.39. The van der Waals surface area contributed by atoms with Gasteiger partial charge >= 0.3 is 0 Å². The Morgan fingerprint density at radius 1 is 1.00 bits per heavy atom. The summed E-state index contributed by atoms with van der Waals surface area (Å²) in [4.78, 5) is 12.7. The van der Waals surface area contributed by atoms with Gasteiger partial charge in [-0.15, -0.1) is 0 Å². The quantitative estimate of drug-likeness (QED) is 0.309. The number of sulfonamides is 1. The molecule has 0 saturated carbocycles. The first kappa shape index (κ1) is 25.6. The molecule has 0 spiro atoms. The van der Waals surface area contributed by atoms with E-state index >= 15 is 0 Å². The molecule has 0 heterocycles. The summed E-state index contributed by atoms with van der Waals surface area (Å²) < 4.78 is 38.5. The van der Waals surface area contributed by atoms with Crippen molar-refractivity contribution in [3.63, 3.8) is 0 Å². The zero-order valence-electron chi connectivity index (χ0n) is 19.4. The summed E-state index contributed by atoms with van der Waals surface area (Å²) in [5.74, 6) is 0.195. The third-order valence-corrected chi connectivity index (χ3v) is 6.53. The molecule has 0 radical (unpaired) electrons. The summed E-state index contributed by atoms with van der Waals surface area (Å²) in [6.07, 6.45) is 1.37. The van der Waals surface area contributed by atoms with Crippen LogP contribution in [-0.4, -0.2) is 45.4 Å². The maximum absolute atomic E-state index is 13.4. The predicted octanol–water partition coefficient (Wildman–Crippen LogP) is 3.54. The molecular formula is C25H27N3O6S. The zero-order chi connectivity index (χ0) is 25.3. The number of carbonyl (C=O) groups excluding carboxylic acids is 1. The molecule has 3 aromatic rings. The number of aromatic hydroxyl groups is 1. The van der Waals surface area contributed by atoms with Crippen LogP contribution in [-0.2, 0) is 14.8 Å². The van der Waals surface area contributed by atoms with E-state index in [0.29, 0.717) is 36.0 Å². The first-order valence-electron chi connectivity index (χ1n) is 10.9. The molecule has 184 valence electrons. The normalized spacial score (nSPS) is 11.3. The molecular weight excluding hydrogens is 470 g/mol. The Bertz CT molecular complexity index is 1260. The maximum Gasteiger partial charge on any atom is 0.264 e. The number of phenols is 1. The van der Waals surface area contributed by atoms with E-state index < -0.39 is 22.5 Å². The number of phenolic OH excluding ortho intramolecular Hbond substituents is 1. The van der Waals surface area contributed by atoms with Crippen molar-refractivity contribution < 1.29 is 27.8 Å². The van der Waals surface area contributed by atoms with Crippen LogP contribution < -0.4 is 19.2 Å². The van der Waals surface area contributed by atoms with Crippen LogP contribution in [0.15, 0.2) is 82.8 Å². The van der Waals surface area contributed by atoms with Gasteiger partial charge in [0.2, 0.25) is 0 Å². The van der Waals surface area contributed by atoms with E-state index in [4.69, 9.17) is 9.47 Å². The van der Waals surface area contributed by atoms with Crippen molar-refractivity contribution in [1.29, 1.82) is 0 Å². The van der Waals surface area contributed by atoms with Gasteiger partial charge in [-0.25, -0.2) is 13.8 Å². The van der Waals surface area contributed by atoms with Gasteiger partial charge in [0, 0.05) is 0 Å². The molecule has 0 fully saturated rings. The molecule has 2 N–H and O–H groups in total. The lowest BCUT2D eigenvalue weighted by molar-refractivity contribution is -0.119. The summed E-state index contributed by atoms with van der Waals surface area (Å²) in [6, 6.07) is 19.0. The number of carbonyl (C=O) groups is 1. The number of anilines is 1. The Balaban J connectivity index is 1.78. The standard InChI is InChI=1S/C25H27N3O6S/c1-3-33-21-11-13-22(14-12-21)35(31,32)28(20-8-6-5-7-9-20)18-25(30)27-26-17-19-10-15-23(29)24(16-19)34-4-2/h5-17,29H,3-4,18H2,1-2H3,(H,27,30)/b26-17-. The predicted molar refractivity (Wildman–Crippen MR) is 134 cm³/mol. The van der Waals surface area contributed by atoms with Crippen molar-refractivity contribution in [1.82, 2.24) is 5.43 Å². The molecule has 3 aromatic carbocycles. The first-order valence-corrected chi connectivity index (χ1v) is 12.4. The largest absolute Gasteiger partial charge is 0.504 e. The van der Waals surface area contributed by atoms with Crippen LogP contribution in [0, 0.1) is 0 Å². The van der Waals surface area contributed by atoms with Crippen LogP contribution in [0.4, 0.5) is 5.69 Å². The summed E-state index contributed by atoms with van der Waals surface area (Å²) in [5.41, 5.74) is 3.26. The summed E-state index contributed by atoms with van der Waals surface area (Å²) in [7, 11) is -4.05. The third kappa shape index (κ3) is 6.73. The fourth-order valence-electron chi connectivity index (χ4n) is 3.14. The van der Waals surface area contributed by atoms with Crippen molar-refractivity contribution in [3.8, 4) is 17.2 Å². The van der Waals surface area contributed by atoms with Crippen molar-refractivity contribution in [2.75, 3.05) is 24.1 Å². The first-order chi connectivity index (χ1) is 16.8. The molecule has 0 aliphatic carbocycles. The van der Waals surface area contributed by atoms with E-state index in [1.165, 1.54) is 24.4 Å². The highest BCUT2D eigenvalue weighted by molar-refractivity contribution is 7.92. The van der Waals surface area contributed by atoms with Crippen molar-refractivity contribution in [2.45, 2.75) is 18.7 Å². The van der Waals surface area contributed by atoms with Gasteiger partial charge in [-0.2, -0.15) is 5.10 Å². The number of para-hydroxylation sites is 1. The van der Waals surface area contributed by atoms with Crippen LogP contribution in [0.2, 0.25) is 0 Å². The summed E-state index contributed by atoms with van der Waals surface area (Å²) >= 11 is 0. The highest BCUT2D eigenvalue weighted by atomic mass is 32.2. The van der Waals surface area contributed by atoms with E-state index in [0.717, 1.165) is 4.31 Å². The van der Waals surface area contributed by atoms with Gasteiger partial charge in [0.1, 0.15) is 12.3 Å². The Kier molecular flexibility index (Phi) is 8.69. The van der Waals surface area contributed by atoms with E-state index in [1.54, 1.807) is 61.5 Å². The number of nitrogens with zero attached hydrogens (tertiary/aromatic N) is 2. The SMILES string of the molecule is CCOc1ccc(S(=O)(=O)N(CC(=O)N/N=C\c2ccc(O)c(OCC)c2)c2ccccc2)cc1. The number of nitrogens with one attached hydrogen (secondary N) is 1. The molecule has 0 aliphatic heterocycles. The number of amides is 1.